The average Bonchev–Trinajstić information content (AvgIpc) is 2.98. The molecular weight excluding hydrogens is 387 g/mol. The van der Waals surface area contributed by atoms with Gasteiger partial charge in [0.2, 0.25) is 0 Å². The summed E-state index contributed by atoms with van der Waals surface area (Å²) in [5, 5.41) is 11.1. The third-order valence-corrected chi connectivity index (χ3v) is 5.09. The summed E-state index contributed by atoms with van der Waals surface area (Å²) >= 11 is 0. The molecule has 30 heavy (non-hydrogen) atoms. The molecule has 1 aliphatic rings. The zero-order valence-corrected chi connectivity index (χ0v) is 17.3. The van der Waals surface area contributed by atoms with Gasteiger partial charge in [-0.25, -0.2) is 4.39 Å². The maximum atomic E-state index is 13.5. The van der Waals surface area contributed by atoms with Gasteiger partial charge in [-0.2, -0.15) is 0 Å². The first-order valence-corrected chi connectivity index (χ1v) is 9.67. The van der Waals surface area contributed by atoms with Crippen molar-refractivity contribution in [2.75, 3.05) is 34.3 Å². The summed E-state index contributed by atoms with van der Waals surface area (Å²) in [6.07, 6.45) is 0.645. The predicted molar refractivity (Wildman–Crippen MR) is 112 cm³/mol. The minimum atomic E-state index is -0.808. The third kappa shape index (κ3) is 4.21. The second-order valence-electron chi connectivity index (χ2n) is 7.40. The van der Waals surface area contributed by atoms with Crippen molar-refractivity contribution in [2.24, 2.45) is 0 Å². The summed E-state index contributed by atoms with van der Waals surface area (Å²) in [6, 6.07) is 11.5. The number of benzene rings is 2. The Labute approximate surface area is 175 Å². The number of hydrogen-bond acceptors (Lipinski definition) is 5. The molecule has 7 heteroatoms. The zero-order chi connectivity index (χ0) is 21.8. The molecule has 0 saturated carbocycles. The molecule has 0 aliphatic carbocycles. The number of ether oxygens (including phenoxy) is 1. The van der Waals surface area contributed by atoms with Crippen LogP contribution in [-0.2, 0) is 9.59 Å². The molecule has 1 atom stereocenters. The van der Waals surface area contributed by atoms with Crippen molar-refractivity contribution >= 4 is 17.4 Å². The van der Waals surface area contributed by atoms with Crippen molar-refractivity contribution in [1.82, 2.24) is 9.80 Å². The molecule has 1 saturated heterocycles. The second kappa shape index (κ2) is 9.09. The van der Waals surface area contributed by atoms with E-state index in [4.69, 9.17) is 4.74 Å². The standard InChI is InChI=1S/C23H25FN2O4/c1-25(2)13-6-14-26-20(15-9-11-16(24)12-10-15)19(22(28)23(26)29)21(27)17-7-4-5-8-18(17)30-3/h4-5,7-12,20,27H,6,13-14H2,1-3H3/b21-19-. The van der Waals surface area contributed by atoms with Gasteiger partial charge in [-0.3, -0.25) is 9.59 Å². The van der Waals surface area contributed by atoms with Crippen molar-refractivity contribution in [3.05, 3.63) is 71.0 Å². The van der Waals surface area contributed by atoms with Crippen LogP contribution < -0.4 is 4.74 Å². The van der Waals surface area contributed by atoms with E-state index in [9.17, 15) is 19.1 Å². The van der Waals surface area contributed by atoms with Gasteiger partial charge in [0, 0.05) is 6.54 Å². The number of methoxy groups -OCH3 is 1. The van der Waals surface area contributed by atoms with Gasteiger partial charge in [0.15, 0.2) is 0 Å². The van der Waals surface area contributed by atoms with Crippen LogP contribution in [0.25, 0.3) is 5.76 Å². The van der Waals surface area contributed by atoms with E-state index in [1.807, 2.05) is 19.0 Å². The minimum Gasteiger partial charge on any atom is -0.507 e. The maximum Gasteiger partial charge on any atom is 0.295 e. The molecule has 1 unspecified atom stereocenters. The fraction of sp³-hybridized carbons (Fsp3) is 0.304. The highest BCUT2D eigenvalue weighted by atomic mass is 19.1. The number of aliphatic hydroxyl groups excluding tert-OH is 1. The number of likely N-dealkylation sites (tertiary alicyclic amines) is 1. The molecule has 0 radical (unpaired) electrons. The Morgan fingerprint density at radius 2 is 1.80 bits per heavy atom. The van der Waals surface area contributed by atoms with Crippen LogP contribution in [0.15, 0.2) is 54.1 Å². The van der Waals surface area contributed by atoms with E-state index in [0.717, 1.165) is 6.54 Å². The van der Waals surface area contributed by atoms with Gasteiger partial charge < -0.3 is 19.6 Å². The van der Waals surface area contributed by atoms with Gasteiger partial charge in [0.25, 0.3) is 11.7 Å². The maximum absolute atomic E-state index is 13.5. The van der Waals surface area contributed by atoms with Crippen molar-refractivity contribution in [3.63, 3.8) is 0 Å². The predicted octanol–water partition coefficient (Wildman–Crippen LogP) is 3.21. The normalized spacial score (nSPS) is 18.3. The molecule has 1 aliphatic heterocycles. The lowest BCUT2D eigenvalue weighted by atomic mass is 9.95. The van der Waals surface area contributed by atoms with Crippen LogP contribution in [0.4, 0.5) is 4.39 Å². The quantitative estimate of drug-likeness (QED) is 0.430. The van der Waals surface area contributed by atoms with E-state index >= 15 is 0 Å². The first kappa shape index (κ1) is 21.5. The summed E-state index contributed by atoms with van der Waals surface area (Å²) in [6.45, 7) is 1.05. The number of aliphatic hydroxyl groups is 1. The van der Waals surface area contributed by atoms with Gasteiger partial charge in [0.05, 0.1) is 24.3 Å². The molecule has 158 valence electrons. The Balaban J connectivity index is 2.12. The number of rotatable bonds is 7. The van der Waals surface area contributed by atoms with Gasteiger partial charge >= 0.3 is 0 Å². The molecule has 0 spiro atoms. The lowest BCUT2D eigenvalue weighted by molar-refractivity contribution is -0.139. The summed E-state index contributed by atoms with van der Waals surface area (Å²) < 4.78 is 18.8. The Hall–Kier alpha value is -3.19. The van der Waals surface area contributed by atoms with E-state index in [1.165, 1.54) is 36.3 Å². The Morgan fingerprint density at radius 3 is 2.43 bits per heavy atom. The monoisotopic (exact) mass is 412 g/mol. The van der Waals surface area contributed by atoms with E-state index < -0.39 is 23.5 Å². The molecule has 2 aromatic rings. The minimum absolute atomic E-state index is 0.0269. The molecule has 0 aromatic heterocycles. The van der Waals surface area contributed by atoms with Crippen LogP contribution in [0.1, 0.15) is 23.6 Å². The van der Waals surface area contributed by atoms with Crippen LogP contribution in [0.3, 0.4) is 0 Å². The topological polar surface area (TPSA) is 70.1 Å². The molecule has 3 rings (SSSR count). The molecule has 0 bridgehead atoms. The fourth-order valence-electron chi connectivity index (χ4n) is 3.64. The smallest absolute Gasteiger partial charge is 0.295 e. The van der Waals surface area contributed by atoms with E-state index in [2.05, 4.69) is 0 Å². The van der Waals surface area contributed by atoms with Gasteiger partial charge in [-0.15, -0.1) is 0 Å². The third-order valence-electron chi connectivity index (χ3n) is 5.09. The van der Waals surface area contributed by atoms with Crippen molar-refractivity contribution < 1.29 is 23.8 Å². The zero-order valence-electron chi connectivity index (χ0n) is 17.3. The molecule has 1 heterocycles. The lowest BCUT2D eigenvalue weighted by Gasteiger charge is -2.26. The molecule has 1 N–H and O–H groups in total. The summed E-state index contributed by atoms with van der Waals surface area (Å²) in [5.74, 6) is -1.80. The van der Waals surface area contributed by atoms with Crippen molar-refractivity contribution in [2.45, 2.75) is 12.5 Å². The first-order chi connectivity index (χ1) is 14.3. The van der Waals surface area contributed by atoms with Crippen LogP contribution in [0.5, 0.6) is 5.75 Å². The fourth-order valence-corrected chi connectivity index (χ4v) is 3.64. The molecule has 2 aromatic carbocycles. The molecule has 6 nitrogen and oxygen atoms in total. The van der Waals surface area contributed by atoms with Crippen molar-refractivity contribution in [1.29, 1.82) is 0 Å². The number of Topliss-reactive ketones (excluding diaryl/α,β-unsaturated/α-hetero) is 1. The van der Waals surface area contributed by atoms with E-state index in [1.54, 1.807) is 24.3 Å². The number of halogens is 1. The lowest BCUT2D eigenvalue weighted by Crippen LogP contribution is -2.32. The van der Waals surface area contributed by atoms with Gasteiger partial charge in [-0.05, 0) is 56.9 Å². The average molecular weight is 412 g/mol. The largest absolute Gasteiger partial charge is 0.507 e. The Morgan fingerprint density at radius 1 is 1.13 bits per heavy atom. The van der Waals surface area contributed by atoms with Crippen LogP contribution in [0.2, 0.25) is 0 Å². The van der Waals surface area contributed by atoms with Crippen LogP contribution in [-0.4, -0.2) is 60.9 Å². The number of amides is 1. The molecule has 1 amide bonds. The summed E-state index contributed by atoms with van der Waals surface area (Å²) in [5.41, 5.74) is 0.844. The van der Waals surface area contributed by atoms with E-state index in [0.29, 0.717) is 29.8 Å². The number of carbonyl (C=O) groups excluding carboxylic acids is 2. The Bertz CT molecular complexity index is 969. The van der Waals surface area contributed by atoms with Crippen molar-refractivity contribution in [3.8, 4) is 5.75 Å². The first-order valence-electron chi connectivity index (χ1n) is 9.67. The highest BCUT2D eigenvalue weighted by Gasteiger charge is 2.46. The van der Waals surface area contributed by atoms with Crippen LogP contribution >= 0.6 is 0 Å². The number of nitrogens with zero attached hydrogens (tertiary/aromatic N) is 2. The molecule has 1 fully saturated rings. The highest BCUT2D eigenvalue weighted by molar-refractivity contribution is 6.46. The molecular formula is C23H25FN2O4. The number of ketones is 1. The second-order valence-corrected chi connectivity index (χ2v) is 7.40. The number of hydrogen-bond donors (Lipinski definition) is 1. The van der Waals surface area contributed by atoms with Gasteiger partial charge in [-0.1, -0.05) is 24.3 Å². The SMILES string of the molecule is COc1ccccc1/C(O)=C1/C(=O)C(=O)N(CCCN(C)C)C1c1ccc(F)cc1. The number of carbonyl (C=O) groups is 2. The summed E-state index contributed by atoms with van der Waals surface area (Å²) in [4.78, 5) is 29.2. The van der Waals surface area contributed by atoms with E-state index in [-0.39, 0.29) is 11.3 Å². The van der Waals surface area contributed by atoms with Gasteiger partial charge in [0.1, 0.15) is 17.3 Å². The highest BCUT2D eigenvalue weighted by Crippen LogP contribution is 2.40. The number of para-hydroxylation sites is 1. The summed E-state index contributed by atoms with van der Waals surface area (Å²) in [7, 11) is 5.31. The Kier molecular flexibility index (Phi) is 6.52. The van der Waals surface area contributed by atoms with Crippen LogP contribution in [0, 0.1) is 5.82 Å².